The van der Waals surface area contributed by atoms with Gasteiger partial charge in [-0.05, 0) is 31.2 Å². The van der Waals surface area contributed by atoms with Crippen LogP contribution in [0.5, 0.6) is 0 Å². The molecular weight excluding hydrogens is 310 g/mol. The normalized spacial score (nSPS) is 20.7. The maximum absolute atomic E-state index is 12.3. The SMILES string of the molecule is O=C(c1ccn[nH]1)N1CCC(c2nc(CCOCC3CC3)no2)C1. The summed E-state index contributed by atoms with van der Waals surface area (Å²) < 4.78 is 11.0. The van der Waals surface area contributed by atoms with Crippen molar-refractivity contribution < 1.29 is 14.1 Å². The molecule has 1 saturated heterocycles. The molecule has 0 bridgehead atoms. The molecule has 1 saturated carbocycles. The third-order valence-electron chi connectivity index (χ3n) is 4.56. The van der Waals surface area contributed by atoms with E-state index in [2.05, 4.69) is 20.3 Å². The molecule has 2 fully saturated rings. The lowest BCUT2D eigenvalue weighted by Crippen LogP contribution is -2.28. The number of ether oxygens (including phenoxy) is 1. The maximum atomic E-state index is 12.3. The van der Waals surface area contributed by atoms with Crippen LogP contribution in [0.2, 0.25) is 0 Å². The Morgan fingerprint density at radius 1 is 1.42 bits per heavy atom. The zero-order chi connectivity index (χ0) is 16.4. The number of likely N-dealkylation sites (tertiary alicyclic amines) is 1. The van der Waals surface area contributed by atoms with Crippen molar-refractivity contribution >= 4 is 5.91 Å². The standard InChI is InChI=1S/C16H21N5O3/c22-16(13-3-6-17-19-13)21-7-4-12(9-21)15-18-14(20-24-15)5-8-23-10-11-1-2-11/h3,6,11-12H,1-2,4-5,7-10H2,(H,17,19). The van der Waals surface area contributed by atoms with Gasteiger partial charge in [0.05, 0.1) is 12.5 Å². The van der Waals surface area contributed by atoms with E-state index in [4.69, 9.17) is 9.26 Å². The minimum Gasteiger partial charge on any atom is -0.381 e. The molecule has 2 aromatic heterocycles. The Morgan fingerprint density at radius 2 is 2.33 bits per heavy atom. The van der Waals surface area contributed by atoms with Gasteiger partial charge in [-0.15, -0.1) is 0 Å². The van der Waals surface area contributed by atoms with Crippen LogP contribution in [-0.4, -0.2) is 57.4 Å². The minimum absolute atomic E-state index is 0.0387. The van der Waals surface area contributed by atoms with E-state index in [1.165, 1.54) is 12.8 Å². The number of amides is 1. The number of hydrogen-bond donors (Lipinski definition) is 1. The number of carbonyl (C=O) groups excluding carboxylic acids is 1. The molecule has 3 heterocycles. The lowest BCUT2D eigenvalue weighted by Gasteiger charge is -2.14. The van der Waals surface area contributed by atoms with Crippen molar-refractivity contribution in [3.05, 3.63) is 29.7 Å². The predicted molar refractivity (Wildman–Crippen MR) is 83.4 cm³/mol. The molecular formula is C16H21N5O3. The first kappa shape index (κ1) is 15.3. The molecule has 2 aliphatic rings. The summed E-state index contributed by atoms with van der Waals surface area (Å²) in [5.41, 5.74) is 0.509. The number of hydrogen-bond acceptors (Lipinski definition) is 6. The van der Waals surface area contributed by atoms with Crippen LogP contribution in [0.15, 0.2) is 16.8 Å². The molecule has 4 rings (SSSR count). The number of H-pyrrole nitrogens is 1. The average Bonchev–Trinajstić information content (AvgIpc) is 3.07. The summed E-state index contributed by atoms with van der Waals surface area (Å²) in [5, 5.41) is 10.6. The molecule has 1 atom stereocenters. The van der Waals surface area contributed by atoms with Crippen LogP contribution in [0.3, 0.4) is 0 Å². The molecule has 128 valence electrons. The van der Waals surface area contributed by atoms with Gasteiger partial charge in [0.25, 0.3) is 5.91 Å². The van der Waals surface area contributed by atoms with Gasteiger partial charge in [0.2, 0.25) is 5.89 Å². The van der Waals surface area contributed by atoms with Crippen molar-refractivity contribution in [2.24, 2.45) is 5.92 Å². The van der Waals surface area contributed by atoms with Gasteiger partial charge in [0, 0.05) is 32.3 Å². The number of carbonyl (C=O) groups is 1. The van der Waals surface area contributed by atoms with Crippen LogP contribution < -0.4 is 0 Å². The summed E-state index contributed by atoms with van der Waals surface area (Å²) in [6.07, 6.45) is 5.67. The average molecular weight is 331 g/mol. The van der Waals surface area contributed by atoms with Gasteiger partial charge in [-0.2, -0.15) is 10.1 Å². The van der Waals surface area contributed by atoms with Crippen LogP contribution in [0, 0.1) is 5.92 Å². The second-order valence-corrected chi connectivity index (χ2v) is 6.52. The van der Waals surface area contributed by atoms with E-state index < -0.39 is 0 Å². The fourth-order valence-electron chi connectivity index (χ4n) is 2.92. The molecule has 24 heavy (non-hydrogen) atoms. The molecule has 1 aliphatic carbocycles. The molecule has 8 nitrogen and oxygen atoms in total. The van der Waals surface area contributed by atoms with E-state index in [9.17, 15) is 4.79 Å². The van der Waals surface area contributed by atoms with Crippen molar-refractivity contribution in [3.63, 3.8) is 0 Å². The molecule has 0 aromatic carbocycles. The molecule has 0 spiro atoms. The highest BCUT2D eigenvalue weighted by molar-refractivity contribution is 5.92. The third kappa shape index (κ3) is 3.48. The first-order chi connectivity index (χ1) is 11.8. The van der Waals surface area contributed by atoms with E-state index in [1.54, 1.807) is 17.2 Å². The van der Waals surface area contributed by atoms with Gasteiger partial charge in [0.15, 0.2) is 5.82 Å². The summed E-state index contributed by atoms with van der Waals surface area (Å²) >= 11 is 0. The largest absolute Gasteiger partial charge is 0.381 e. The van der Waals surface area contributed by atoms with Gasteiger partial charge in [0.1, 0.15) is 5.69 Å². The predicted octanol–water partition coefficient (Wildman–Crippen LogP) is 1.39. The first-order valence-corrected chi connectivity index (χ1v) is 8.48. The summed E-state index contributed by atoms with van der Waals surface area (Å²) in [7, 11) is 0. The van der Waals surface area contributed by atoms with Gasteiger partial charge in [-0.3, -0.25) is 9.89 Å². The highest BCUT2D eigenvalue weighted by atomic mass is 16.5. The van der Waals surface area contributed by atoms with Crippen molar-refractivity contribution in [3.8, 4) is 0 Å². The fourth-order valence-corrected chi connectivity index (χ4v) is 2.92. The van der Waals surface area contributed by atoms with Gasteiger partial charge in [-0.25, -0.2) is 0 Å². The number of aromatic nitrogens is 4. The Morgan fingerprint density at radius 3 is 3.12 bits per heavy atom. The first-order valence-electron chi connectivity index (χ1n) is 8.48. The number of nitrogens with zero attached hydrogens (tertiary/aromatic N) is 4. The molecule has 2 aromatic rings. The van der Waals surface area contributed by atoms with Crippen molar-refractivity contribution in [2.75, 3.05) is 26.3 Å². The summed E-state index contributed by atoms with van der Waals surface area (Å²) in [6, 6.07) is 1.68. The second kappa shape index (κ2) is 6.72. The molecule has 1 unspecified atom stereocenters. The van der Waals surface area contributed by atoms with Crippen LogP contribution in [0.1, 0.15) is 47.4 Å². The molecule has 8 heteroatoms. The zero-order valence-corrected chi connectivity index (χ0v) is 13.5. The van der Waals surface area contributed by atoms with Crippen molar-refractivity contribution in [1.82, 2.24) is 25.2 Å². The maximum Gasteiger partial charge on any atom is 0.271 e. The molecule has 0 radical (unpaired) electrons. The highest BCUT2D eigenvalue weighted by Crippen LogP contribution is 2.29. The van der Waals surface area contributed by atoms with Gasteiger partial charge >= 0.3 is 0 Å². The lowest BCUT2D eigenvalue weighted by molar-refractivity contribution is 0.0783. The van der Waals surface area contributed by atoms with E-state index in [0.717, 1.165) is 18.9 Å². The van der Waals surface area contributed by atoms with Crippen LogP contribution in [0.4, 0.5) is 0 Å². The number of nitrogens with one attached hydrogen (secondary N) is 1. The second-order valence-electron chi connectivity index (χ2n) is 6.52. The summed E-state index contributed by atoms with van der Waals surface area (Å²) in [5.74, 6) is 2.13. The number of aromatic amines is 1. The Bertz CT molecular complexity index is 680. The Hall–Kier alpha value is -2.22. The highest BCUT2D eigenvalue weighted by Gasteiger charge is 2.32. The fraction of sp³-hybridized carbons (Fsp3) is 0.625. The zero-order valence-electron chi connectivity index (χ0n) is 13.5. The van der Waals surface area contributed by atoms with Gasteiger partial charge in [-0.1, -0.05) is 5.16 Å². The Labute approximate surface area is 139 Å². The van der Waals surface area contributed by atoms with Crippen molar-refractivity contribution in [1.29, 1.82) is 0 Å². The lowest BCUT2D eigenvalue weighted by atomic mass is 10.1. The Balaban J connectivity index is 1.28. The summed E-state index contributed by atoms with van der Waals surface area (Å²) in [4.78, 5) is 18.6. The van der Waals surface area contributed by atoms with E-state index in [0.29, 0.717) is 43.5 Å². The van der Waals surface area contributed by atoms with E-state index in [-0.39, 0.29) is 11.8 Å². The smallest absolute Gasteiger partial charge is 0.271 e. The molecule has 1 N–H and O–H groups in total. The molecule has 1 amide bonds. The quantitative estimate of drug-likeness (QED) is 0.770. The summed E-state index contributed by atoms with van der Waals surface area (Å²) in [6.45, 7) is 2.75. The topological polar surface area (TPSA) is 97.1 Å². The van der Waals surface area contributed by atoms with Crippen LogP contribution in [-0.2, 0) is 11.2 Å². The molecule has 1 aliphatic heterocycles. The van der Waals surface area contributed by atoms with E-state index in [1.807, 2.05) is 0 Å². The Kier molecular flexibility index (Phi) is 4.29. The number of rotatable bonds is 7. The van der Waals surface area contributed by atoms with Crippen LogP contribution in [0.25, 0.3) is 0 Å². The monoisotopic (exact) mass is 331 g/mol. The minimum atomic E-state index is -0.0387. The van der Waals surface area contributed by atoms with Crippen LogP contribution >= 0.6 is 0 Å². The third-order valence-corrected chi connectivity index (χ3v) is 4.56. The van der Waals surface area contributed by atoms with E-state index >= 15 is 0 Å². The van der Waals surface area contributed by atoms with Gasteiger partial charge < -0.3 is 14.2 Å². The van der Waals surface area contributed by atoms with Crippen molar-refractivity contribution in [2.45, 2.75) is 31.6 Å².